The van der Waals surface area contributed by atoms with Gasteiger partial charge in [-0.25, -0.2) is 4.68 Å². The molecule has 1 N–H and O–H groups in total. The van der Waals surface area contributed by atoms with Gasteiger partial charge in [-0.1, -0.05) is 23.7 Å². The lowest BCUT2D eigenvalue weighted by atomic mass is 10.2. The molecule has 0 radical (unpaired) electrons. The van der Waals surface area contributed by atoms with Crippen LogP contribution in [0.5, 0.6) is 0 Å². The van der Waals surface area contributed by atoms with Crippen LogP contribution in [0.3, 0.4) is 0 Å². The number of carbonyl (C=O) groups excluding carboxylic acids is 1. The molecule has 1 aliphatic heterocycles. The van der Waals surface area contributed by atoms with Gasteiger partial charge in [-0.05, 0) is 24.6 Å². The lowest BCUT2D eigenvalue weighted by Gasteiger charge is -2.22. The van der Waals surface area contributed by atoms with Crippen LogP contribution in [0, 0.1) is 6.92 Å². The lowest BCUT2D eigenvalue weighted by Crippen LogP contribution is -2.39. The first-order valence-corrected chi connectivity index (χ1v) is 7.78. The summed E-state index contributed by atoms with van der Waals surface area (Å²) in [4.78, 5) is 12.3. The molecule has 0 unspecified atom stereocenters. The number of aryl methyl sites for hydroxylation is 1. The van der Waals surface area contributed by atoms with E-state index in [1.165, 1.54) is 0 Å². The number of halogens is 1. The highest BCUT2D eigenvalue weighted by atomic mass is 35.5. The van der Waals surface area contributed by atoms with Crippen LogP contribution in [-0.2, 0) is 20.8 Å². The summed E-state index contributed by atoms with van der Waals surface area (Å²) in [6, 6.07) is 7.55. The average Bonchev–Trinajstić information content (AvgIpc) is 2.89. The van der Waals surface area contributed by atoms with Crippen LogP contribution in [0.15, 0.2) is 30.5 Å². The maximum absolute atomic E-state index is 12.3. The highest BCUT2D eigenvalue weighted by Gasteiger charge is 2.24. The van der Waals surface area contributed by atoms with Crippen molar-refractivity contribution >= 4 is 23.3 Å². The average molecular weight is 336 g/mol. The number of benzene rings is 1. The van der Waals surface area contributed by atoms with Crippen molar-refractivity contribution in [2.45, 2.75) is 19.6 Å². The molecule has 1 aromatic carbocycles. The van der Waals surface area contributed by atoms with E-state index in [0.717, 1.165) is 11.1 Å². The summed E-state index contributed by atoms with van der Waals surface area (Å²) < 4.78 is 12.4. The van der Waals surface area contributed by atoms with E-state index < -0.39 is 6.10 Å². The van der Waals surface area contributed by atoms with Gasteiger partial charge >= 0.3 is 0 Å². The molecule has 1 saturated heterocycles. The Morgan fingerprint density at radius 3 is 3.09 bits per heavy atom. The lowest BCUT2D eigenvalue weighted by molar-refractivity contribution is -0.142. The van der Waals surface area contributed by atoms with Crippen molar-refractivity contribution in [3.8, 4) is 0 Å². The van der Waals surface area contributed by atoms with Crippen molar-refractivity contribution in [1.29, 1.82) is 0 Å². The van der Waals surface area contributed by atoms with Crippen LogP contribution in [0.1, 0.15) is 11.1 Å². The van der Waals surface area contributed by atoms with E-state index >= 15 is 0 Å². The fraction of sp³-hybridized carbons (Fsp3) is 0.375. The van der Waals surface area contributed by atoms with Crippen LogP contribution in [0.4, 0.5) is 5.82 Å². The fourth-order valence-electron chi connectivity index (χ4n) is 2.41. The quantitative estimate of drug-likeness (QED) is 0.930. The Labute approximate surface area is 139 Å². The molecule has 6 nitrogen and oxygen atoms in total. The molecular formula is C16H18ClN3O3. The highest BCUT2D eigenvalue weighted by Crippen LogP contribution is 2.18. The molecule has 23 heavy (non-hydrogen) atoms. The molecule has 1 amide bonds. The summed E-state index contributed by atoms with van der Waals surface area (Å²) in [5, 5.41) is 7.88. The van der Waals surface area contributed by atoms with Crippen molar-refractivity contribution < 1.29 is 14.3 Å². The van der Waals surface area contributed by atoms with Gasteiger partial charge in [0.1, 0.15) is 5.82 Å². The Morgan fingerprint density at radius 1 is 1.48 bits per heavy atom. The van der Waals surface area contributed by atoms with Crippen LogP contribution in [-0.4, -0.2) is 41.6 Å². The summed E-state index contributed by atoms with van der Waals surface area (Å²) in [5.74, 6) is 0.435. The van der Waals surface area contributed by atoms with E-state index in [4.69, 9.17) is 21.1 Å². The number of carbonyl (C=O) groups is 1. The zero-order valence-electron chi connectivity index (χ0n) is 12.8. The Kier molecular flexibility index (Phi) is 4.95. The number of rotatable bonds is 4. The molecule has 0 aliphatic carbocycles. The molecule has 0 saturated carbocycles. The summed E-state index contributed by atoms with van der Waals surface area (Å²) in [5.41, 5.74) is 1.89. The van der Waals surface area contributed by atoms with Crippen LogP contribution >= 0.6 is 11.6 Å². The largest absolute Gasteiger partial charge is 0.376 e. The maximum Gasteiger partial charge on any atom is 0.257 e. The standard InChI is InChI=1S/C16H18ClN3O3/c1-11-8-18-20(9-12-3-2-4-13(17)7-12)15(11)19-16(21)14-10-22-5-6-23-14/h2-4,7-8,14H,5-6,9-10H2,1H3,(H,19,21)/t14-/m0/s1. The molecule has 2 heterocycles. The van der Waals surface area contributed by atoms with Gasteiger partial charge in [0.25, 0.3) is 5.91 Å². The predicted molar refractivity (Wildman–Crippen MR) is 86.7 cm³/mol. The molecule has 0 spiro atoms. The van der Waals surface area contributed by atoms with E-state index in [9.17, 15) is 4.79 Å². The zero-order chi connectivity index (χ0) is 16.2. The third-order valence-electron chi connectivity index (χ3n) is 3.59. The van der Waals surface area contributed by atoms with Crippen LogP contribution in [0.2, 0.25) is 5.02 Å². The number of nitrogens with one attached hydrogen (secondary N) is 1. The van der Waals surface area contributed by atoms with Gasteiger partial charge < -0.3 is 14.8 Å². The molecule has 1 fully saturated rings. The predicted octanol–water partition coefficient (Wildman–Crippen LogP) is 2.25. The van der Waals surface area contributed by atoms with Gasteiger partial charge in [-0.2, -0.15) is 5.10 Å². The molecule has 1 atom stereocenters. The minimum absolute atomic E-state index is 0.222. The van der Waals surface area contributed by atoms with Gasteiger partial charge in [0.15, 0.2) is 6.10 Å². The minimum atomic E-state index is -0.585. The number of ether oxygens (including phenoxy) is 2. The first kappa shape index (κ1) is 16.0. The topological polar surface area (TPSA) is 65.4 Å². The summed E-state index contributed by atoms with van der Waals surface area (Å²) in [6.07, 6.45) is 1.14. The van der Waals surface area contributed by atoms with E-state index in [-0.39, 0.29) is 12.5 Å². The van der Waals surface area contributed by atoms with E-state index in [1.54, 1.807) is 10.9 Å². The number of hydrogen-bond acceptors (Lipinski definition) is 4. The molecule has 7 heteroatoms. The van der Waals surface area contributed by atoms with Crippen molar-refractivity contribution in [2.75, 3.05) is 25.1 Å². The Balaban J connectivity index is 1.74. The molecule has 0 bridgehead atoms. The number of hydrogen-bond donors (Lipinski definition) is 1. The first-order valence-electron chi connectivity index (χ1n) is 7.40. The first-order chi connectivity index (χ1) is 11.1. The molecule has 1 aliphatic rings. The summed E-state index contributed by atoms with van der Waals surface area (Å²) in [7, 11) is 0. The van der Waals surface area contributed by atoms with Crippen molar-refractivity contribution in [3.63, 3.8) is 0 Å². The highest BCUT2D eigenvalue weighted by molar-refractivity contribution is 6.30. The number of anilines is 1. The molecule has 3 rings (SSSR count). The SMILES string of the molecule is Cc1cnn(Cc2cccc(Cl)c2)c1NC(=O)[C@@H]1COCCO1. The second-order valence-electron chi connectivity index (χ2n) is 5.39. The summed E-state index contributed by atoms with van der Waals surface area (Å²) in [6.45, 7) is 3.64. The minimum Gasteiger partial charge on any atom is -0.376 e. The second kappa shape index (κ2) is 7.12. The Bertz CT molecular complexity index is 696. The number of nitrogens with zero attached hydrogens (tertiary/aromatic N) is 2. The fourth-order valence-corrected chi connectivity index (χ4v) is 2.62. The molecule has 1 aromatic heterocycles. The molecular weight excluding hydrogens is 318 g/mol. The summed E-state index contributed by atoms with van der Waals surface area (Å²) >= 11 is 6.01. The van der Waals surface area contributed by atoms with Crippen molar-refractivity contribution in [2.24, 2.45) is 0 Å². The second-order valence-corrected chi connectivity index (χ2v) is 5.82. The van der Waals surface area contributed by atoms with Crippen LogP contribution < -0.4 is 5.32 Å². The van der Waals surface area contributed by atoms with Gasteiger partial charge in [-0.3, -0.25) is 4.79 Å². The Hall–Kier alpha value is -1.89. The normalized spacial score (nSPS) is 17.9. The Morgan fingerprint density at radius 2 is 2.35 bits per heavy atom. The van der Waals surface area contributed by atoms with Gasteiger partial charge in [0.2, 0.25) is 0 Å². The van der Waals surface area contributed by atoms with Crippen LogP contribution in [0.25, 0.3) is 0 Å². The van der Waals surface area contributed by atoms with Crippen molar-refractivity contribution in [1.82, 2.24) is 9.78 Å². The number of amides is 1. The molecule has 2 aromatic rings. The zero-order valence-corrected chi connectivity index (χ0v) is 13.5. The molecule has 122 valence electrons. The third-order valence-corrected chi connectivity index (χ3v) is 3.83. The van der Waals surface area contributed by atoms with Crippen molar-refractivity contribution in [3.05, 3.63) is 46.6 Å². The van der Waals surface area contributed by atoms with Gasteiger partial charge in [0, 0.05) is 10.6 Å². The monoisotopic (exact) mass is 335 g/mol. The van der Waals surface area contributed by atoms with Gasteiger partial charge in [0.05, 0.1) is 32.6 Å². The maximum atomic E-state index is 12.3. The van der Waals surface area contributed by atoms with E-state index in [0.29, 0.717) is 30.6 Å². The van der Waals surface area contributed by atoms with E-state index in [2.05, 4.69) is 10.4 Å². The third kappa shape index (κ3) is 3.90. The van der Waals surface area contributed by atoms with E-state index in [1.807, 2.05) is 31.2 Å². The van der Waals surface area contributed by atoms with Gasteiger partial charge in [-0.15, -0.1) is 0 Å². The smallest absolute Gasteiger partial charge is 0.257 e. The number of aromatic nitrogens is 2.